The summed E-state index contributed by atoms with van der Waals surface area (Å²) < 4.78 is 5.53. The van der Waals surface area contributed by atoms with Crippen LogP contribution in [0.3, 0.4) is 0 Å². The number of carbonyl (C=O) groups excluding carboxylic acids is 1. The van der Waals surface area contributed by atoms with E-state index in [1.807, 2.05) is 12.1 Å². The molecule has 0 aromatic carbocycles. The number of rotatable bonds is 5. The zero-order valence-corrected chi connectivity index (χ0v) is 14.5. The molecule has 2 unspecified atom stereocenters. The average Bonchev–Trinajstić information content (AvgIpc) is 2.59. The number of nitrogens with one attached hydrogen (secondary N) is 1. The normalized spacial score (nSPS) is 18.6. The van der Waals surface area contributed by atoms with Crippen LogP contribution in [0.1, 0.15) is 19.4 Å². The highest BCUT2D eigenvalue weighted by molar-refractivity contribution is 5.73. The summed E-state index contributed by atoms with van der Waals surface area (Å²) in [6, 6.07) is 5.87. The van der Waals surface area contributed by atoms with E-state index in [4.69, 9.17) is 10.00 Å². The first kappa shape index (κ1) is 18.0. The van der Waals surface area contributed by atoms with Crippen molar-refractivity contribution in [3.8, 4) is 6.07 Å². The Morgan fingerprint density at radius 2 is 2.42 bits per heavy atom. The molecule has 1 fully saturated rings. The predicted octanol–water partition coefficient (Wildman–Crippen LogP) is 1.61. The fourth-order valence-electron chi connectivity index (χ4n) is 2.58. The number of hydrogen-bond donors (Lipinski definition) is 1. The van der Waals surface area contributed by atoms with Gasteiger partial charge in [-0.05, 0) is 25.5 Å². The van der Waals surface area contributed by atoms with Crippen molar-refractivity contribution in [1.29, 1.82) is 5.26 Å². The molecule has 0 spiro atoms. The first-order valence-electron chi connectivity index (χ1n) is 8.19. The van der Waals surface area contributed by atoms with Gasteiger partial charge in [-0.3, -0.25) is 0 Å². The van der Waals surface area contributed by atoms with E-state index in [9.17, 15) is 4.79 Å². The Hall–Kier alpha value is -2.33. The number of hydrogen-bond acceptors (Lipinski definition) is 5. The van der Waals surface area contributed by atoms with E-state index in [0.717, 1.165) is 24.5 Å². The lowest BCUT2D eigenvalue weighted by atomic mass is 10.2. The van der Waals surface area contributed by atoms with Crippen LogP contribution in [0.25, 0.3) is 0 Å². The highest BCUT2D eigenvalue weighted by Gasteiger charge is 2.17. The van der Waals surface area contributed by atoms with E-state index in [-0.39, 0.29) is 18.1 Å². The second-order valence-electron chi connectivity index (χ2n) is 6.22. The lowest BCUT2D eigenvalue weighted by molar-refractivity contribution is 0.0529. The quantitative estimate of drug-likeness (QED) is 0.886. The molecule has 2 rings (SSSR count). The van der Waals surface area contributed by atoms with E-state index in [2.05, 4.69) is 28.2 Å². The van der Waals surface area contributed by atoms with Crippen LogP contribution in [0, 0.1) is 17.2 Å². The zero-order valence-electron chi connectivity index (χ0n) is 14.5. The molecule has 7 nitrogen and oxygen atoms in total. The molecule has 1 saturated heterocycles. The van der Waals surface area contributed by atoms with Crippen molar-refractivity contribution in [2.24, 2.45) is 5.92 Å². The van der Waals surface area contributed by atoms with Crippen LogP contribution in [0.15, 0.2) is 18.3 Å². The summed E-state index contributed by atoms with van der Waals surface area (Å²) in [7, 11) is 1.68. The highest BCUT2D eigenvalue weighted by atomic mass is 16.5. The number of carbonyl (C=O) groups is 1. The van der Waals surface area contributed by atoms with Gasteiger partial charge in [0.25, 0.3) is 0 Å². The summed E-state index contributed by atoms with van der Waals surface area (Å²) in [4.78, 5) is 20.2. The lowest BCUT2D eigenvalue weighted by Crippen LogP contribution is -2.41. The minimum absolute atomic E-state index is 0.183. The van der Waals surface area contributed by atoms with Gasteiger partial charge in [-0.1, -0.05) is 6.07 Å². The van der Waals surface area contributed by atoms with E-state index in [1.54, 1.807) is 20.2 Å². The average molecular weight is 331 g/mol. The van der Waals surface area contributed by atoms with Gasteiger partial charge in [0, 0.05) is 39.4 Å². The highest BCUT2D eigenvalue weighted by Crippen LogP contribution is 2.15. The smallest absolute Gasteiger partial charge is 0.317 e. The van der Waals surface area contributed by atoms with Crippen molar-refractivity contribution >= 4 is 11.8 Å². The van der Waals surface area contributed by atoms with Crippen LogP contribution in [-0.2, 0) is 11.3 Å². The van der Waals surface area contributed by atoms with Crippen LogP contribution < -0.4 is 10.2 Å². The maximum atomic E-state index is 12.0. The fraction of sp³-hybridized carbons (Fsp3) is 0.588. The second-order valence-corrected chi connectivity index (χ2v) is 6.22. The van der Waals surface area contributed by atoms with Gasteiger partial charge in [-0.15, -0.1) is 0 Å². The number of amides is 2. The summed E-state index contributed by atoms with van der Waals surface area (Å²) in [5.74, 6) is 0.748. The molecule has 1 aliphatic rings. The van der Waals surface area contributed by atoms with Crippen molar-refractivity contribution in [1.82, 2.24) is 15.2 Å². The Balaban J connectivity index is 1.83. The minimum Gasteiger partial charge on any atom is -0.375 e. The topological polar surface area (TPSA) is 81.5 Å². The summed E-state index contributed by atoms with van der Waals surface area (Å²) in [5, 5.41) is 11.6. The van der Waals surface area contributed by atoms with Crippen molar-refractivity contribution < 1.29 is 9.53 Å². The number of aromatic nitrogens is 1. The third kappa shape index (κ3) is 5.10. The molecule has 2 amide bonds. The summed E-state index contributed by atoms with van der Waals surface area (Å²) >= 11 is 0. The molecule has 1 aromatic heterocycles. The SMILES string of the molecule is CC(C#N)CN(C)C(=O)NCc1ccc(N2CCOC(C)C2)nc1. The van der Waals surface area contributed by atoms with Gasteiger partial charge in [0.1, 0.15) is 5.82 Å². The van der Waals surface area contributed by atoms with E-state index in [0.29, 0.717) is 19.7 Å². The Morgan fingerprint density at radius 3 is 3.04 bits per heavy atom. The maximum Gasteiger partial charge on any atom is 0.317 e. The van der Waals surface area contributed by atoms with E-state index >= 15 is 0 Å². The molecular weight excluding hydrogens is 306 g/mol. The number of anilines is 1. The third-order valence-corrected chi connectivity index (χ3v) is 3.93. The molecule has 1 N–H and O–H groups in total. The van der Waals surface area contributed by atoms with Crippen LogP contribution in [-0.4, -0.2) is 55.3 Å². The molecule has 0 radical (unpaired) electrons. The number of ether oxygens (including phenoxy) is 1. The molecule has 130 valence electrons. The first-order chi connectivity index (χ1) is 11.5. The molecule has 1 aromatic rings. The molecule has 7 heteroatoms. The number of nitriles is 1. The van der Waals surface area contributed by atoms with Gasteiger partial charge in [0.2, 0.25) is 0 Å². The van der Waals surface area contributed by atoms with Crippen LogP contribution in [0.5, 0.6) is 0 Å². The molecule has 0 bridgehead atoms. The predicted molar refractivity (Wildman–Crippen MR) is 91.5 cm³/mol. The summed E-state index contributed by atoms with van der Waals surface area (Å²) in [6.45, 7) is 7.07. The van der Waals surface area contributed by atoms with Gasteiger partial charge in [0.15, 0.2) is 0 Å². The Morgan fingerprint density at radius 1 is 1.62 bits per heavy atom. The van der Waals surface area contributed by atoms with Gasteiger partial charge in [0.05, 0.1) is 24.7 Å². The largest absolute Gasteiger partial charge is 0.375 e. The van der Waals surface area contributed by atoms with Crippen molar-refractivity contribution in [3.63, 3.8) is 0 Å². The third-order valence-electron chi connectivity index (χ3n) is 3.93. The van der Waals surface area contributed by atoms with Gasteiger partial charge >= 0.3 is 6.03 Å². The number of urea groups is 1. The molecule has 24 heavy (non-hydrogen) atoms. The maximum absolute atomic E-state index is 12.0. The first-order valence-corrected chi connectivity index (χ1v) is 8.19. The van der Waals surface area contributed by atoms with Crippen LogP contribution in [0.2, 0.25) is 0 Å². The van der Waals surface area contributed by atoms with Crippen molar-refractivity contribution in [3.05, 3.63) is 23.9 Å². The molecule has 0 aliphatic carbocycles. The van der Waals surface area contributed by atoms with Crippen molar-refractivity contribution in [2.45, 2.75) is 26.5 Å². The Kier molecular flexibility index (Phi) is 6.38. The Labute approximate surface area is 143 Å². The fourth-order valence-corrected chi connectivity index (χ4v) is 2.58. The monoisotopic (exact) mass is 331 g/mol. The lowest BCUT2D eigenvalue weighted by Gasteiger charge is -2.32. The second kappa shape index (κ2) is 8.50. The van der Waals surface area contributed by atoms with Gasteiger partial charge in [-0.2, -0.15) is 5.26 Å². The molecule has 2 heterocycles. The zero-order chi connectivity index (χ0) is 17.5. The summed E-state index contributed by atoms with van der Waals surface area (Å²) in [6.07, 6.45) is 2.00. The van der Waals surface area contributed by atoms with Crippen molar-refractivity contribution in [2.75, 3.05) is 38.2 Å². The van der Waals surface area contributed by atoms with Crippen LogP contribution in [0.4, 0.5) is 10.6 Å². The molecule has 0 saturated carbocycles. The minimum atomic E-state index is -0.191. The molecule has 2 atom stereocenters. The number of pyridine rings is 1. The van der Waals surface area contributed by atoms with Gasteiger partial charge < -0.3 is 19.9 Å². The number of morpholine rings is 1. The Bertz CT molecular complexity index is 584. The summed E-state index contributed by atoms with van der Waals surface area (Å²) in [5.41, 5.74) is 0.940. The molecular formula is C17H25N5O2. The standard InChI is InChI=1S/C17H25N5O2/c1-13(8-18)11-21(3)17(23)20-10-15-4-5-16(19-9-15)22-6-7-24-14(2)12-22/h4-5,9,13-14H,6-7,10-12H2,1-3H3,(H,20,23). The van der Waals surface area contributed by atoms with Crippen LogP contribution >= 0.6 is 0 Å². The number of nitrogens with zero attached hydrogens (tertiary/aromatic N) is 4. The van der Waals surface area contributed by atoms with E-state index in [1.165, 1.54) is 4.90 Å². The van der Waals surface area contributed by atoms with E-state index < -0.39 is 0 Å². The molecule has 1 aliphatic heterocycles. The van der Waals surface area contributed by atoms with Gasteiger partial charge in [-0.25, -0.2) is 9.78 Å².